The van der Waals surface area contributed by atoms with Crippen molar-refractivity contribution in [3.8, 4) is 0 Å². The third-order valence-corrected chi connectivity index (χ3v) is 4.80. The molecular weight excluding hydrogens is 497 g/mol. The number of hydrogen-bond donors (Lipinski definition) is 1. The standard InChI is InChI=1S/C15H12Br2INO/c1-2-9-7-10(16)4-6-14(9)19-15(20)12-8-11(17)3-5-13(12)18/h3-8H,2H2,1H3,(H,19,20). The third kappa shape index (κ3) is 3.83. The summed E-state index contributed by atoms with van der Waals surface area (Å²) in [4.78, 5) is 12.4. The molecule has 0 aliphatic heterocycles. The Morgan fingerprint density at radius 1 is 1.15 bits per heavy atom. The van der Waals surface area contributed by atoms with Crippen LogP contribution in [0.2, 0.25) is 0 Å². The molecule has 0 saturated heterocycles. The molecule has 0 heterocycles. The van der Waals surface area contributed by atoms with Gasteiger partial charge in [-0.1, -0.05) is 38.8 Å². The van der Waals surface area contributed by atoms with Crippen molar-refractivity contribution >= 4 is 66.0 Å². The highest BCUT2D eigenvalue weighted by molar-refractivity contribution is 14.1. The van der Waals surface area contributed by atoms with Gasteiger partial charge >= 0.3 is 0 Å². The molecule has 104 valence electrons. The number of aryl methyl sites for hydroxylation is 1. The zero-order valence-corrected chi connectivity index (χ0v) is 16.0. The third-order valence-electron chi connectivity index (χ3n) is 2.87. The van der Waals surface area contributed by atoms with E-state index in [1.54, 1.807) is 0 Å². The zero-order chi connectivity index (χ0) is 14.7. The first kappa shape index (κ1) is 16.0. The maximum absolute atomic E-state index is 12.4. The molecule has 1 N–H and O–H groups in total. The molecule has 0 spiro atoms. The fraction of sp³-hybridized carbons (Fsp3) is 0.133. The Morgan fingerprint density at radius 2 is 1.80 bits per heavy atom. The number of halogens is 3. The highest BCUT2D eigenvalue weighted by Gasteiger charge is 2.12. The first-order valence-corrected chi connectivity index (χ1v) is 8.72. The summed E-state index contributed by atoms with van der Waals surface area (Å²) in [6.45, 7) is 2.07. The van der Waals surface area contributed by atoms with Gasteiger partial charge in [-0.2, -0.15) is 0 Å². The molecule has 20 heavy (non-hydrogen) atoms. The van der Waals surface area contributed by atoms with Crippen LogP contribution in [0.15, 0.2) is 45.3 Å². The van der Waals surface area contributed by atoms with E-state index in [0.717, 1.165) is 30.2 Å². The quantitative estimate of drug-likeness (QED) is 0.535. The van der Waals surface area contributed by atoms with E-state index in [1.165, 1.54) is 0 Å². The molecular formula is C15H12Br2INO. The Bertz CT molecular complexity index is 658. The Hall–Kier alpha value is -0.400. The van der Waals surface area contributed by atoms with Gasteiger partial charge in [0, 0.05) is 18.2 Å². The van der Waals surface area contributed by atoms with Crippen molar-refractivity contribution in [3.63, 3.8) is 0 Å². The van der Waals surface area contributed by atoms with Crippen molar-refractivity contribution in [2.45, 2.75) is 13.3 Å². The van der Waals surface area contributed by atoms with Crippen LogP contribution in [0.3, 0.4) is 0 Å². The van der Waals surface area contributed by atoms with E-state index in [9.17, 15) is 4.79 Å². The van der Waals surface area contributed by atoms with Crippen molar-refractivity contribution < 1.29 is 4.79 Å². The van der Waals surface area contributed by atoms with Gasteiger partial charge in [-0.05, 0) is 71.0 Å². The summed E-state index contributed by atoms with van der Waals surface area (Å²) in [5.41, 5.74) is 2.64. The number of hydrogen-bond acceptors (Lipinski definition) is 1. The summed E-state index contributed by atoms with van der Waals surface area (Å²) in [6, 6.07) is 11.6. The molecule has 0 radical (unpaired) electrons. The van der Waals surface area contributed by atoms with Gasteiger partial charge in [0.2, 0.25) is 0 Å². The summed E-state index contributed by atoms with van der Waals surface area (Å²) in [5.74, 6) is -0.0901. The highest BCUT2D eigenvalue weighted by atomic mass is 127. The second-order valence-corrected chi connectivity index (χ2v) is 7.23. The van der Waals surface area contributed by atoms with E-state index in [2.05, 4.69) is 66.7 Å². The highest BCUT2D eigenvalue weighted by Crippen LogP contribution is 2.24. The molecule has 2 aromatic rings. The predicted octanol–water partition coefficient (Wildman–Crippen LogP) is 5.63. The minimum atomic E-state index is -0.0901. The summed E-state index contributed by atoms with van der Waals surface area (Å²) >= 11 is 9.02. The van der Waals surface area contributed by atoms with Crippen LogP contribution in [0, 0.1) is 3.57 Å². The summed E-state index contributed by atoms with van der Waals surface area (Å²) in [5, 5.41) is 2.99. The molecule has 5 heteroatoms. The zero-order valence-electron chi connectivity index (χ0n) is 10.7. The van der Waals surface area contributed by atoms with Crippen molar-refractivity contribution in [1.82, 2.24) is 0 Å². The Labute approximate surface area is 148 Å². The van der Waals surface area contributed by atoms with Crippen LogP contribution in [0.4, 0.5) is 5.69 Å². The van der Waals surface area contributed by atoms with Gasteiger partial charge in [0.1, 0.15) is 0 Å². The fourth-order valence-corrected chi connectivity index (χ4v) is 3.19. The average molecular weight is 509 g/mol. The van der Waals surface area contributed by atoms with Gasteiger partial charge in [0.25, 0.3) is 5.91 Å². The Morgan fingerprint density at radius 3 is 2.50 bits per heavy atom. The van der Waals surface area contributed by atoms with E-state index in [1.807, 2.05) is 36.4 Å². The van der Waals surface area contributed by atoms with Crippen molar-refractivity contribution in [1.29, 1.82) is 0 Å². The predicted molar refractivity (Wildman–Crippen MR) is 98.3 cm³/mol. The minimum Gasteiger partial charge on any atom is -0.322 e. The van der Waals surface area contributed by atoms with Crippen molar-refractivity contribution in [2.75, 3.05) is 5.32 Å². The van der Waals surface area contributed by atoms with Crippen LogP contribution < -0.4 is 5.32 Å². The fourth-order valence-electron chi connectivity index (χ4n) is 1.84. The SMILES string of the molecule is CCc1cc(Br)ccc1NC(=O)c1cc(Br)ccc1I. The van der Waals surface area contributed by atoms with Crippen LogP contribution in [0.25, 0.3) is 0 Å². The minimum absolute atomic E-state index is 0.0901. The maximum Gasteiger partial charge on any atom is 0.256 e. The molecule has 0 aromatic heterocycles. The summed E-state index contributed by atoms with van der Waals surface area (Å²) < 4.78 is 2.84. The van der Waals surface area contributed by atoms with E-state index in [0.29, 0.717) is 5.56 Å². The van der Waals surface area contributed by atoms with Gasteiger partial charge in [-0.15, -0.1) is 0 Å². The second kappa shape index (κ2) is 7.04. The van der Waals surface area contributed by atoms with Crippen molar-refractivity contribution in [2.24, 2.45) is 0 Å². The lowest BCUT2D eigenvalue weighted by molar-refractivity contribution is 0.102. The van der Waals surface area contributed by atoms with Gasteiger partial charge in [0.05, 0.1) is 5.56 Å². The second-order valence-electron chi connectivity index (χ2n) is 4.23. The first-order valence-electron chi connectivity index (χ1n) is 6.06. The molecule has 0 aliphatic carbocycles. The number of carbonyl (C=O) groups is 1. The molecule has 0 bridgehead atoms. The maximum atomic E-state index is 12.4. The van der Waals surface area contributed by atoms with Gasteiger partial charge < -0.3 is 5.32 Å². The van der Waals surface area contributed by atoms with Gasteiger partial charge in [-0.3, -0.25) is 4.79 Å². The van der Waals surface area contributed by atoms with Crippen LogP contribution in [-0.4, -0.2) is 5.91 Å². The van der Waals surface area contributed by atoms with E-state index in [-0.39, 0.29) is 5.91 Å². The largest absolute Gasteiger partial charge is 0.322 e. The topological polar surface area (TPSA) is 29.1 Å². The van der Waals surface area contributed by atoms with Gasteiger partial charge in [0.15, 0.2) is 0 Å². The normalized spacial score (nSPS) is 10.4. The monoisotopic (exact) mass is 507 g/mol. The number of amides is 1. The lowest BCUT2D eigenvalue weighted by Crippen LogP contribution is -2.14. The molecule has 0 saturated carbocycles. The Balaban J connectivity index is 2.30. The molecule has 0 unspecified atom stereocenters. The summed E-state index contributed by atoms with van der Waals surface area (Å²) in [7, 11) is 0. The molecule has 1 amide bonds. The van der Waals surface area contributed by atoms with Crippen LogP contribution in [0.5, 0.6) is 0 Å². The van der Waals surface area contributed by atoms with Crippen LogP contribution >= 0.6 is 54.5 Å². The van der Waals surface area contributed by atoms with E-state index < -0.39 is 0 Å². The Kier molecular flexibility index (Phi) is 5.63. The number of carbonyl (C=O) groups excluding carboxylic acids is 1. The first-order chi connectivity index (χ1) is 9.51. The molecule has 2 aromatic carbocycles. The summed E-state index contributed by atoms with van der Waals surface area (Å²) in [6.07, 6.45) is 0.866. The number of anilines is 1. The number of rotatable bonds is 3. The average Bonchev–Trinajstić information content (AvgIpc) is 2.43. The number of nitrogens with one attached hydrogen (secondary N) is 1. The molecule has 2 rings (SSSR count). The van der Waals surface area contributed by atoms with Crippen LogP contribution in [-0.2, 0) is 6.42 Å². The van der Waals surface area contributed by atoms with E-state index >= 15 is 0 Å². The molecule has 0 aliphatic rings. The lowest BCUT2D eigenvalue weighted by atomic mass is 10.1. The molecule has 2 nitrogen and oxygen atoms in total. The molecule has 0 fully saturated rings. The number of benzene rings is 2. The van der Waals surface area contributed by atoms with Crippen LogP contribution in [0.1, 0.15) is 22.8 Å². The molecule has 0 atom stereocenters. The van der Waals surface area contributed by atoms with Gasteiger partial charge in [-0.25, -0.2) is 0 Å². The lowest BCUT2D eigenvalue weighted by Gasteiger charge is -2.11. The van der Waals surface area contributed by atoms with Crippen molar-refractivity contribution in [3.05, 3.63) is 60.0 Å². The van der Waals surface area contributed by atoms with E-state index in [4.69, 9.17) is 0 Å². The smallest absolute Gasteiger partial charge is 0.256 e.